The van der Waals surface area contributed by atoms with Crippen LogP contribution in [0.5, 0.6) is 0 Å². The van der Waals surface area contributed by atoms with Gasteiger partial charge in [-0.1, -0.05) is 13.8 Å². The van der Waals surface area contributed by atoms with Crippen molar-refractivity contribution in [3.05, 3.63) is 17.6 Å². The van der Waals surface area contributed by atoms with Gasteiger partial charge >= 0.3 is 0 Å². The first-order chi connectivity index (χ1) is 9.11. The molecule has 5 heteroatoms. The van der Waals surface area contributed by atoms with Crippen molar-refractivity contribution < 1.29 is 9.47 Å². The summed E-state index contributed by atoms with van der Waals surface area (Å²) in [7, 11) is 3.61. The SMILES string of the molecule is CNc1cc(C(C)C)nc(C2(OC)CCOCC2)n1. The standard InChI is InChI=1S/C14H23N3O2/c1-10(2)11-9-12(15-3)17-13(16-11)14(18-4)5-7-19-8-6-14/h9-10H,5-8H2,1-4H3,(H,15,16,17). The molecule has 0 unspecified atom stereocenters. The Morgan fingerprint density at radius 2 is 2.00 bits per heavy atom. The summed E-state index contributed by atoms with van der Waals surface area (Å²) in [5.41, 5.74) is 0.631. The summed E-state index contributed by atoms with van der Waals surface area (Å²) in [5.74, 6) is 1.98. The Labute approximate surface area is 114 Å². The molecular formula is C14H23N3O2. The zero-order valence-electron chi connectivity index (χ0n) is 12.2. The fraction of sp³-hybridized carbons (Fsp3) is 0.714. The van der Waals surface area contributed by atoms with Crippen LogP contribution in [0.3, 0.4) is 0 Å². The molecule has 106 valence electrons. The minimum Gasteiger partial charge on any atom is -0.381 e. The second kappa shape index (κ2) is 5.84. The van der Waals surface area contributed by atoms with Crippen LogP contribution in [0.15, 0.2) is 6.07 Å². The van der Waals surface area contributed by atoms with Crippen molar-refractivity contribution in [1.82, 2.24) is 9.97 Å². The zero-order chi connectivity index (χ0) is 13.9. The molecule has 0 aromatic carbocycles. The van der Waals surface area contributed by atoms with Gasteiger partial charge < -0.3 is 14.8 Å². The summed E-state index contributed by atoms with van der Waals surface area (Å²) in [6.07, 6.45) is 1.60. The van der Waals surface area contributed by atoms with Crippen molar-refractivity contribution in [2.45, 2.75) is 38.2 Å². The predicted molar refractivity (Wildman–Crippen MR) is 74.4 cm³/mol. The number of nitrogens with one attached hydrogen (secondary N) is 1. The van der Waals surface area contributed by atoms with Gasteiger partial charge in [-0.2, -0.15) is 0 Å². The van der Waals surface area contributed by atoms with Crippen LogP contribution in [-0.4, -0.2) is 37.3 Å². The highest BCUT2D eigenvalue weighted by molar-refractivity contribution is 5.37. The van der Waals surface area contributed by atoms with Gasteiger partial charge in [0.1, 0.15) is 11.4 Å². The molecule has 5 nitrogen and oxygen atoms in total. The number of aromatic nitrogens is 2. The molecule has 1 aliphatic rings. The summed E-state index contributed by atoms with van der Waals surface area (Å²) in [6, 6.07) is 2.00. The smallest absolute Gasteiger partial charge is 0.163 e. The normalized spacial score (nSPS) is 18.6. The molecule has 1 saturated heterocycles. The third-order valence-electron chi connectivity index (χ3n) is 3.69. The van der Waals surface area contributed by atoms with Crippen LogP contribution in [0.4, 0.5) is 5.82 Å². The van der Waals surface area contributed by atoms with Crippen LogP contribution < -0.4 is 5.32 Å². The van der Waals surface area contributed by atoms with E-state index in [9.17, 15) is 0 Å². The Morgan fingerprint density at radius 3 is 2.53 bits per heavy atom. The van der Waals surface area contributed by atoms with Crippen molar-refractivity contribution in [1.29, 1.82) is 0 Å². The first kappa shape index (κ1) is 14.2. The van der Waals surface area contributed by atoms with Gasteiger partial charge in [-0.15, -0.1) is 0 Å². The first-order valence-electron chi connectivity index (χ1n) is 6.81. The highest BCUT2D eigenvalue weighted by Crippen LogP contribution is 2.34. The monoisotopic (exact) mass is 265 g/mol. The fourth-order valence-corrected chi connectivity index (χ4v) is 2.31. The number of hydrogen-bond donors (Lipinski definition) is 1. The van der Waals surface area contributed by atoms with Crippen molar-refractivity contribution in [2.24, 2.45) is 0 Å². The van der Waals surface area contributed by atoms with Gasteiger partial charge in [0.15, 0.2) is 5.82 Å². The van der Waals surface area contributed by atoms with Gasteiger partial charge in [0, 0.05) is 52.0 Å². The zero-order valence-corrected chi connectivity index (χ0v) is 12.2. The van der Waals surface area contributed by atoms with E-state index < -0.39 is 5.60 Å². The largest absolute Gasteiger partial charge is 0.381 e. The highest BCUT2D eigenvalue weighted by Gasteiger charge is 2.38. The second-order valence-corrected chi connectivity index (χ2v) is 5.22. The Balaban J connectivity index is 2.43. The number of rotatable bonds is 4. The number of methoxy groups -OCH3 is 1. The van der Waals surface area contributed by atoms with E-state index in [0.717, 1.165) is 30.2 Å². The van der Waals surface area contributed by atoms with Crippen LogP contribution in [0, 0.1) is 0 Å². The fourth-order valence-electron chi connectivity index (χ4n) is 2.31. The summed E-state index contributed by atoms with van der Waals surface area (Å²) >= 11 is 0. The molecule has 0 spiro atoms. The van der Waals surface area contributed by atoms with Gasteiger partial charge in [0.25, 0.3) is 0 Å². The summed E-state index contributed by atoms with van der Waals surface area (Å²) < 4.78 is 11.2. The lowest BCUT2D eigenvalue weighted by Gasteiger charge is -2.34. The molecule has 0 amide bonds. The maximum Gasteiger partial charge on any atom is 0.163 e. The molecule has 19 heavy (non-hydrogen) atoms. The molecule has 1 N–H and O–H groups in total. The molecule has 1 fully saturated rings. The highest BCUT2D eigenvalue weighted by atomic mass is 16.5. The Kier molecular flexibility index (Phi) is 4.37. The topological polar surface area (TPSA) is 56.3 Å². The molecule has 2 heterocycles. The summed E-state index contributed by atoms with van der Waals surface area (Å²) in [6.45, 7) is 5.65. The van der Waals surface area contributed by atoms with Gasteiger partial charge in [-0.05, 0) is 5.92 Å². The first-order valence-corrected chi connectivity index (χ1v) is 6.81. The van der Waals surface area contributed by atoms with Crippen LogP contribution >= 0.6 is 0 Å². The average Bonchev–Trinajstić information content (AvgIpc) is 2.47. The molecule has 0 saturated carbocycles. The van der Waals surface area contributed by atoms with Crippen LogP contribution in [-0.2, 0) is 15.1 Å². The minimum absolute atomic E-state index is 0.364. The Hall–Kier alpha value is -1.20. The van der Waals surface area contributed by atoms with Crippen molar-refractivity contribution >= 4 is 5.82 Å². The van der Waals surface area contributed by atoms with Crippen molar-refractivity contribution in [2.75, 3.05) is 32.7 Å². The number of nitrogens with zero attached hydrogens (tertiary/aromatic N) is 2. The van der Waals surface area contributed by atoms with Crippen LogP contribution in [0.2, 0.25) is 0 Å². The molecule has 0 aliphatic carbocycles. The predicted octanol–water partition coefficient (Wildman–Crippen LogP) is 2.29. The lowest BCUT2D eigenvalue weighted by Crippen LogP contribution is -2.37. The number of anilines is 1. The summed E-state index contributed by atoms with van der Waals surface area (Å²) in [4.78, 5) is 9.31. The Morgan fingerprint density at radius 1 is 1.32 bits per heavy atom. The van der Waals surface area contributed by atoms with E-state index >= 15 is 0 Å². The van der Waals surface area contributed by atoms with E-state index in [0.29, 0.717) is 19.1 Å². The number of ether oxygens (including phenoxy) is 2. The quantitative estimate of drug-likeness (QED) is 0.905. The second-order valence-electron chi connectivity index (χ2n) is 5.22. The molecule has 0 radical (unpaired) electrons. The van der Waals surface area contributed by atoms with Gasteiger partial charge in [-0.25, -0.2) is 9.97 Å². The van der Waals surface area contributed by atoms with Gasteiger partial charge in [0.05, 0.1) is 0 Å². The van der Waals surface area contributed by atoms with Gasteiger partial charge in [0.2, 0.25) is 0 Å². The van der Waals surface area contributed by atoms with Crippen LogP contribution in [0.1, 0.15) is 44.1 Å². The Bertz CT molecular complexity index is 429. The van der Waals surface area contributed by atoms with E-state index in [1.54, 1.807) is 7.11 Å². The maximum atomic E-state index is 5.77. The van der Waals surface area contributed by atoms with E-state index in [-0.39, 0.29) is 0 Å². The van der Waals surface area contributed by atoms with Crippen molar-refractivity contribution in [3.63, 3.8) is 0 Å². The number of hydrogen-bond acceptors (Lipinski definition) is 5. The van der Waals surface area contributed by atoms with Crippen LogP contribution in [0.25, 0.3) is 0 Å². The third kappa shape index (κ3) is 2.87. The third-order valence-corrected chi connectivity index (χ3v) is 3.69. The lowest BCUT2D eigenvalue weighted by atomic mass is 9.92. The molecule has 0 atom stereocenters. The van der Waals surface area contributed by atoms with E-state index in [1.807, 2.05) is 13.1 Å². The van der Waals surface area contributed by atoms with E-state index in [2.05, 4.69) is 24.1 Å². The molecule has 1 aliphatic heterocycles. The van der Waals surface area contributed by atoms with Gasteiger partial charge in [-0.3, -0.25) is 0 Å². The molecule has 0 bridgehead atoms. The van der Waals surface area contributed by atoms with E-state index in [4.69, 9.17) is 14.5 Å². The summed E-state index contributed by atoms with van der Waals surface area (Å²) in [5, 5.41) is 3.11. The lowest BCUT2D eigenvalue weighted by molar-refractivity contribution is -0.1000. The van der Waals surface area contributed by atoms with Crippen molar-refractivity contribution in [3.8, 4) is 0 Å². The molecule has 1 aromatic rings. The average molecular weight is 265 g/mol. The maximum absolute atomic E-state index is 5.77. The molecule has 1 aromatic heterocycles. The molecule has 2 rings (SSSR count). The molecular weight excluding hydrogens is 242 g/mol. The van der Waals surface area contributed by atoms with E-state index in [1.165, 1.54) is 0 Å². The minimum atomic E-state index is -0.408.